The van der Waals surface area contributed by atoms with Crippen LogP contribution in [-0.2, 0) is 14.8 Å². The molecule has 2 N–H and O–H groups in total. The van der Waals surface area contributed by atoms with Gasteiger partial charge in [-0.15, -0.1) is 0 Å². The number of aliphatic hydroxyl groups is 1. The van der Waals surface area contributed by atoms with E-state index in [2.05, 4.69) is 14.1 Å². The first-order chi connectivity index (χ1) is 11.9. The predicted molar refractivity (Wildman–Crippen MR) is 93.6 cm³/mol. The lowest BCUT2D eigenvalue weighted by molar-refractivity contribution is -0.127. The fourth-order valence-electron chi connectivity index (χ4n) is 2.91. The van der Waals surface area contributed by atoms with Gasteiger partial charge in [-0.2, -0.15) is 13.1 Å². The van der Waals surface area contributed by atoms with E-state index in [0.717, 1.165) is 11.7 Å². The highest BCUT2D eigenvalue weighted by Gasteiger charge is 2.34. The van der Waals surface area contributed by atoms with Gasteiger partial charge in [0.15, 0.2) is 0 Å². The lowest BCUT2D eigenvalue weighted by Crippen LogP contribution is -2.47. The van der Waals surface area contributed by atoms with Crippen molar-refractivity contribution in [2.24, 2.45) is 5.92 Å². The number of benzene rings is 1. The topological polar surface area (TPSA) is 112 Å². The van der Waals surface area contributed by atoms with Gasteiger partial charge in [-0.1, -0.05) is 6.07 Å². The second kappa shape index (κ2) is 7.32. The van der Waals surface area contributed by atoms with Crippen LogP contribution < -0.4 is 5.32 Å². The number of fused-ring (bicyclic) bond motifs is 1. The standard InChI is InChI=1S/C15H20N4O4S2/c1-10(9-20)16-15(21)11-4-3-7-19(8-11)25(22,23)13-6-2-5-12-14(13)18-24-17-12/h2,5-6,10-11,20H,3-4,7-9H2,1H3,(H,16,21)/t10-,11?/m0/s1. The summed E-state index contributed by atoms with van der Waals surface area (Å²) in [6, 6.07) is 4.54. The summed E-state index contributed by atoms with van der Waals surface area (Å²) in [7, 11) is -3.75. The molecule has 1 aromatic heterocycles. The summed E-state index contributed by atoms with van der Waals surface area (Å²) in [5, 5.41) is 11.8. The summed E-state index contributed by atoms with van der Waals surface area (Å²) in [5.41, 5.74) is 0.919. The molecule has 25 heavy (non-hydrogen) atoms. The number of hydrogen-bond donors (Lipinski definition) is 2. The highest BCUT2D eigenvalue weighted by molar-refractivity contribution is 7.89. The third-order valence-electron chi connectivity index (χ3n) is 4.28. The molecule has 8 nitrogen and oxygen atoms in total. The Morgan fingerprint density at radius 1 is 1.48 bits per heavy atom. The van der Waals surface area contributed by atoms with Crippen LogP contribution in [0.25, 0.3) is 11.0 Å². The van der Waals surface area contributed by atoms with Gasteiger partial charge in [0.2, 0.25) is 15.9 Å². The molecule has 0 saturated carbocycles. The van der Waals surface area contributed by atoms with E-state index in [9.17, 15) is 13.2 Å². The largest absolute Gasteiger partial charge is 0.394 e. The van der Waals surface area contributed by atoms with Crippen LogP contribution in [0.5, 0.6) is 0 Å². The average Bonchev–Trinajstić information content (AvgIpc) is 3.10. The van der Waals surface area contributed by atoms with Crippen molar-refractivity contribution in [3.8, 4) is 0 Å². The zero-order valence-electron chi connectivity index (χ0n) is 13.8. The van der Waals surface area contributed by atoms with Crippen LogP contribution in [-0.4, -0.2) is 58.2 Å². The number of rotatable bonds is 5. The van der Waals surface area contributed by atoms with Gasteiger partial charge < -0.3 is 10.4 Å². The van der Waals surface area contributed by atoms with Crippen molar-refractivity contribution >= 4 is 38.7 Å². The minimum absolute atomic E-state index is 0.125. The van der Waals surface area contributed by atoms with E-state index in [1.54, 1.807) is 19.1 Å². The number of hydrogen-bond acceptors (Lipinski definition) is 7. The van der Waals surface area contributed by atoms with Gasteiger partial charge in [-0.3, -0.25) is 4.79 Å². The monoisotopic (exact) mass is 384 g/mol. The second-order valence-electron chi connectivity index (χ2n) is 6.18. The number of sulfonamides is 1. The molecule has 1 unspecified atom stereocenters. The molecule has 1 aliphatic rings. The van der Waals surface area contributed by atoms with E-state index in [-0.39, 0.29) is 30.0 Å². The molecule has 1 amide bonds. The molecule has 2 aromatic rings. The molecule has 1 aliphatic heterocycles. The maximum absolute atomic E-state index is 13.0. The Kier molecular flexibility index (Phi) is 5.32. The fourth-order valence-corrected chi connectivity index (χ4v) is 5.19. The number of nitrogens with zero attached hydrogens (tertiary/aromatic N) is 3. The smallest absolute Gasteiger partial charge is 0.245 e. The fraction of sp³-hybridized carbons (Fsp3) is 0.533. The maximum Gasteiger partial charge on any atom is 0.245 e. The van der Waals surface area contributed by atoms with Crippen LogP contribution in [0.4, 0.5) is 0 Å². The molecule has 1 aromatic carbocycles. The van der Waals surface area contributed by atoms with Crippen LogP contribution in [0.1, 0.15) is 19.8 Å². The molecule has 10 heteroatoms. The van der Waals surface area contributed by atoms with Crippen LogP contribution >= 0.6 is 11.7 Å². The summed E-state index contributed by atoms with van der Waals surface area (Å²) in [4.78, 5) is 12.4. The molecule has 0 spiro atoms. The molecule has 2 atom stereocenters. The summed E-state index contributed by atoms with van der Waals surface area (Å²) in [6.45, 7) is 2.04. The first-order valence-corrected chi connectivity index (χ1v) is 10.2. The Balaban J connectivity index is 1.83. The Labute approximate surface area is 150 Å². The predicted octanol–water partition coefficient (Wildman–Crippen LogP) is 0.589. The van der Waals surface area contributed by atoms with Gasteiger partial charge >= 0.3 is 0 Å². The van der Waals surface area contributed by atoms with Crippen molar-refractivity contribution in [3.63, 3.8) is 0 Å². The van der Waals surface area contributed by atoms with Crippen molar-refractivity contribution in [1.82, 2.24) is 18.4 Å². The van der Waals surface area contributed by atoms with E-state index >= 15 is 0 Å². The molecule has 0 radical (unpaired) electrons. The van der Waals surface area contributed by atoms with Crippen molar-refractivity contribution in [3.05, 3.63) is 18.2 Å². The summed E-state index contributed by atoms with van der Waals surface area (Å²) in [5.74, 6) is -0.653. The van der Waals surface area contributed by atoms with Crippen LogP contribution in [0.2, 0.25) is 0 Å². The number of nitrogens with one attached hydrogen (secondary N) is 1. The van der Waals surface area contributed by atoms with Gasteiger partial charge in [-0.25, -0.2) is 8.42 Å². The third-order valence-corrected chi connectivity index (χ3v) is 6.72. The van der Waals surface area contributed by atoms with Crippen LogP contribution in [0, 0.1) is 5.92 Å². The van der Waals surface area contributed by atoms with E-state index in [1.165, 1.54) is 10.4 Å². The number of piperidine rings is 1. The lowest BCUT2D eigenvalue weighted by Gasteiger charge is -2.31. The van der Waals surface area contributed by atoms with Crippen LogP contribution in [0.15, 0.2) is 23.1 Å². The SMILES string of the molecule is C[C@@H](CO)NC(=O)C1CCCN(S(=O)(=O)c2cccc3nsnc23)C1. The molecule has 1 saturated heterocycles. The van der Waals surface area contributed by atoms with Crippen molar-refractivity contribution in [1.29, 1.82) is 0 Å². The molecule has 0 aliphatic carbocycles. The van der Waals surface area contributed by atoms with Gasteiger partial charge in [-0.05, 0) is 31.9 Å². The van der Waals surface area contributed by atoms with Gasteiger partial charge in [0.05, 0.1) is 24.3 Å². The molecule has 0 bridgehead atoms. The maximum atomic E-state index is 13.0. The zero-order chi connectivity index (χ0) is 18.0. The lowest BCUT2D eigenvalue weighted by atomic mass is 9.98. The van der Waals surface area contributed by atoms with E-state index in [1.807, 2.05) is 0 Å². The first-order valence-electron chi connectivity index (χ1n) is 8.06. The van der Waals surface area contributed by atoms with E-state index in [4.69, 9.17) is 5.11 Å². The number of carbonyl (C=O) groups is 1. The molecule has 2 heterocycles. The van der Waals surface area contributed by atoms with Crippen molar-refractivity contribution in [2.75, 3.05) is 19.7 Å². The average molecular weight is 384 g/mol. The second-order valence-corrected chi connectivity index (χ2v) is 8.62. The van der Waals surface area contributed by atoms with Crippen molar-refractivity contribution < 1.29 is 18.3 Å². The minimum Gasteiger partial charge on any atom is -0.394 e. The Morgan fingerprint density at radius 3 is 3.04 bits per heavy atom. The van der Waals surface area contributed by atoms with Gasteiger partial charge in [0, 0.05) is 19.1 Å². The van der Waals surface area contributed by atoms with Crippen LogP contribution in [0.3, 0.4) is 0 Å². The molecule has 136 valence electrons. The number of aliphatic hydroxyl groups excluding tert-OH is 1. The first kappa shape index (κ1) is 18.2. The van der Waals surface area contributed by atoms with E-state index in [0.29, 0.717) is 30.4 Å². The Bertz CT molecular complexity index is 867. The minimum atomic E-state index is -3.75. The Morgan fingerprint density at radius 2 is 2.28 bits per heavy atom. The number of carbonyl (C=O) groups excluding carboxylic acids is 1. The quantitative estimate of drug-likeness (QED) is 0.780. The molecular weight excluding hydrogens is 364 g/mol. The number of amides is 1. The highest BCUT2D eigenvalue weighted by atomic mass is 32.2. The highest BCUT2D eigenvalue weighted by Crippen LogP contribution is 2.28. The summed E-state index contributed by atoms with van der Waals surface area (Å²) < 4.78 is 35.6. The van der Waals surface area contributed by atoms with Crippen molar-refractivity contribution in [2.45, 2.75) is 30.7 Å². The summed E-state index contributed by atoms with van der Waals surface area (Å²) in [6.07, 6.45) is 1.23. The molecular formula is C15H20N4O4S2. The third kappa shape index (κ3) is 3.66. The normalized spacial score (nSPS) is 20.5. The zero-order valence-corrected chi connectivity index (χ0v) is 15.4. The van der Waals surface area contributed by atoms with Gasteiger partial charge in [0.25, 0.3) is 0 Å². The molecule has 3 rings (SSSR count). The Hall–Kier alpha value is -1.62. The summed E-state index contributed by atoms with van der Waals surface area (Å²) >= 11 is 0.974. The molecule has 1 fully saturated rings. The van der Waals surface area contributed by atoms with E-state index < -0.39 is 15.9 Å². The number of aromatic nitrogens is 2. The van der Waals surface area contributed by atoms with Gasteiger partial charge in [0.1, 0.15) is 15.9 Å².